The van der Waals surface area contributed by atoms with Crippen LogP contribution in [0.4, 0.5) is 0 Å². The van der Waals surface area contributed by atoms with Crippen molar-refractivity contribution in [2.24, 2.45) is 5.92 Å². The molecule has 6 heteroatoms. The molecule has 1 amide bonds. The van der Waals surface area contributed by atoms with Gasteiger partial charge in [-0.05, 0) is 49.9 Å². The summed E-state index contributed by atoms with van der Waals surface area (Å²) in [6, 6.07) is 9.90. The summed E-state index contributed by atoms with van der Waals surface area (Å²) < 4.78 is 0. The third kappa shape index (κ3) is 4.39. The molecule has 0 saturated heterocycles. The lowest BCUT2D eigenvalue weighted by atomic mass is 9.90. The predicted molar refractivity (Wildman–Crippen MR) is 106 cm³/mol. The van der Waals surface area contributed by atoms with Crippen molar-refractivity contribution in [1.29, 1.82) is 0 Å². The SMILES string of the molecule is O=C(NCCCc1ccccn1)C1CCc2sc(-c3ccncc3)nc2C1. The van der Waals surface area contributed by atoms with Gasteiger partial charge in [0, 0.05) is 53.6 Å². The number of carbonyl (C=O) groups is 1. The Labute approximate surface area is 162 Å². The average molecular weight is 379 g/mol. The highest BCUT2D eigenvalue weighted by Crippen LogP contribution is 2.34. The van der Waals surface area contributed by atoms with Crippen LogP contribution in [0.15, 0.2) is 48.9 Å². The number of amides is 1. The zero-order valence-electron chi connectivity index (χ0n) is 15.1. The maximum Gasteiger partial charge on any atom is 0.223 e. The van der Waals surface area contributed by atoms with E-state index in [0.29, 0.717) is 6.54 Å². The molecule has 27 heavy (non-hydrogen) atoms. The van der Waals surface area contributed by atoms with E-state index in [4.69, 9.17) is 4.98 Å². The van der Waals surface area contributed by atoms with Crippen molar-refractivity contribution < 1.29 is 4.79 Å². The van der Waals surface area contributed by atoms with Crippen LogP contribution in [0, 0.1) is 5.92 Å². The van der Waals surface area contributed by atoms with Crippen molar-refractivity contribution in [2.45, 2.75) is 32.1 Å². The second-order valence-corrected chi connectivity index (χ2v) is 7.86. The van der Waals surface area contributed by atoms with Gasteiger partial charge in [-0.15, -0.1) is 11.3 Å². The van der Waals surface area contributed by atoms with E-state index in [1.165, 1.54) is 4.88 Å². The predicted octanol–water partition coefficient (Wildman–Crippen LogP) is 3.45. The largest absolute Gasteiger partial charge is 0.356 e. The minimum atomic E-state index is 0.0275. The van der Waals surface area contributed by atoms with E-state index in [9.17, 15) is 4.79 Å². The van der Waals surface area contributed by atoms with Crippen LogP contribution in [-0.4, -0.2) is 27.4 Å². The average Bonchev–Trinajstić information content (AvgIpc) is 3.16. The highest BCUT2D eigenvalue weighted by atomic mass is 32.1. The van der Waals surface area contributed by atoms with Crippen molar-refractivity contribution in [3.8, 4) is 10.6 Å². The summed E-state index contributed by atoms with van der Waals surface area (Å²) in [5, 5.41) is 4.12. The summed E-state index contributed by atoms with van der Waals surface area (Å²) in [5.41, 5.74) is 3.26. The monoisotopic (exact) mass is 378 g/mol. The van der Waals surface area contributed by atoms with Crippen molar-refractivity contribution in [3.05, 3.63) is 65.2 Å². The molecule has 1 N–H and O–H groups in total. The van der Waals surface area contributed by atoms with Gasteiger partial charge in [0.15, 0.2) is 0 Å². The van der Waals surface area contributed by atoms with E-state index < -0.39 is 0 Å². The number of nitrogens with one attached hydrogen (secondary N) is 1. The smallest absolute Gasteiger partial charge is 0.223 e. The Morgan fingerprint density at radius 2 is 2.07 bits per heavy atom. The number of hydrogen-bond donors (Lipinski definition) is 1. The number of pyridine rings is 2. The molecule has 3 aromatic heterocycles. The summed E-state index contributed by atoms with van der Waals surface area (Å²) in [4.78, 5) is 27.0. The molecule has 0 bridgehead atoms. The van der Waals surface area contributed by atoms with Gasteiger partial charge < -0.3 is 5.32 Å². The molecule has 3 heterocycles. The number of thiazole rings is 1. The molecule has 138 valence electrons. The molecule has 0 spiro atoms. The number of aryl methyl sites for hydroxylation is 2. The summed E-state index contributed by atoms with van der Waals surface area (Å²) in [6.45, 7) is 0.693. The number of nitrogens with zero attached hydrogens (tertiary/aromatic N) is 3. The Hall–Kier alpha value is -2.60. The van der Waals surface area contributed by atoms with Crippen LogP contribution in [0.2, 0.25) is 0 Å². The lowest BCUT2D eigenvalue weighted by Crippen LogP contribution is -2.34. The summed E-state index contributed by atoms with van der Waals surface area (Å²) in [5.74, 6) is 0.180. The third-order valence-corrected chi connectivity index (χ3v) is 6.08. The molecule has 1 unspecified atom stereocenters. The van der Waals surface area contributed by atoms with Gasteiger partial charge in [0.05, 0.1) is 5.69 Å². The van der Waals surface area contributed by atoms with Crippen LogP contribution in [0.5, 0.6) is 0 Å². The lowest BCUT2D eigenvalue weighted by Gasteiger charge is -2.20. The Balaban J connectivity index is 1.30. The fourth-order valence-electron chi connectivity index (χ4n) is 3.39. The normalized spacial score (nSPS) is 15.9. The Bertz CT molecular complexity index is 895. The van der Waals surface area contributed by atoms with E-state index in [0.717, 1.165) is 54.1 Å². The van der Waals surface area contributed by atoms with E-state index >= 15 is 0 Å². The van der Waals surface area contributed by atoms with Crippen LogP contribution in [0.25, 0.3) is 10.6 Å². The first kappa shape index (κ1) is 17.8. The first-order valence-corrected chi connectivity index (χ1v) is 10.2. The van der Waals surface area contributed by atoms with Gasteiger partial charge in [0.25, 0.3) is 0 Å². The van der Waals surface area contributed by atoms with E-state index in [-0.39, 0.29) is 11.8 Å². The van der Waals surface area contributed by atoms with Gasteiger partial charge >= 0.3 is 0 Å². The number of carbonyl (C=O) groups excluding carboxylic acids is 1. The van der Waals surface area contributed by atoms with Crippen molar-refractivity contribution >= 4 is 17.2 Å². The van der Waals surface area contributed by atoms with Crippen LogP contribution in [0.3, 0.4) is 0 Å². The van der Waals surface area contributed by atoms with Crippen molar-refractivity contribution in [2.75, 3.05) is 6.54 Å². The van der Waals surface area contributed by atoms with E-state index in [2.05, 4.69) is 15.3 Å². The summed E-state index contributed by atoms with van der Waals surface area (Å²) >= 11 is 1.74. The minimum Gasteiger partial charge on any atom is -0.356 e. The molecule has 0 fully saturated rings. The van der Waals surface area contributed by atoms with Gasteiger partial charge in [-0.25, -0.2) is 4.98 Å². The van der Waals surface area contributed by atoms with E-state index in [1.54, 1.807) is 23.7 Å². The van der Waals surface area contributed by atoms with Crippen LogP contribution >= 0.6 is 11.3 Å². The first-order valence-electron chi connectivity index (χ1n) is 9.36. The Morgan fingerprint density at radius 1 is 1.19 bits per heavy atom. The van der Waals surface area contributed by atoms with E-state index in [1.807, 2.05) is 36.5 Å². The Morgan fingerprint density at radius 3 is 2.89 bits per heavy atom. The topological polar surface area (TPSA) is 67.8 Å². The lowest BCUT2D eigenvalue weighted by molar-refractivity contribution is -0.125. The molecular formula is C21H22N4OS. The van der Waals surface area contributed by atoms with Gasteiger partial charge in [0.1, 0.15) is 5.01 Å². The van der Waals surface area contributed by atoms with Crippen LogP contribution in [0.1, 0.15) is 29.1 Å². The Kier molecular flexibility index (Phi) is 5.53. The highest BCUT2D eigenvalue weighted by Gasteiger charge is 2.27. The van der Waals surface area contributed by atoms with Crippen molar-refractivity contribution in [1.82, 2.24) is 20.3 Å². The maximum absolute atomic E-state index is 12.5. The standard InChI is InChI=1S/C21H22N4OS/c26-20(24-11-3-5-17-4-1-2-10-23-17)16-6-7-19-18(14-16)25-21(27-19)15-8-12-22-13-9-15/h1-2,4,8-10,12-13,16H,3,5-7,11,14H2,(H,24,26). The number of fused-ring (bicyclic) bond motifs is 1. The molecule has 0 saturated carbocycles. The molecule has 5 nitrogen and oxygen atoms in total. The third-order valence-electron chi connectivity index (χ3n) is 4.87. The van der Waals surface area contributed by atoms with Gasteiger partial charge in [-0.3, -0.25) is 14.8 Å². The number of aromatic nitrogens is 3. The quantitative estimate of drug-likeness (QED) is 0.667. The summed E-state index contributed by atoms with van der Waals surface area (Å²) in [6.07, 6.45) is 9.75. The highest BCUT2D eigenvalue weighted by molar-refractivity contribution is 7.15. The molecule has 1 atom stereocenters. The molecule has 1 aliphatic carbocycles. The fraction of sp³-hybridized carbons (Fsp3) is 0.333. The summed E-state index contributed by atoms with van der Waals surface area (Å²) in [7, 11) is 0. The van der Waals surface area contributed by atoms with Gasteiger partial charge in [-0.2, -0.15) is 0 Å². The molecular weight excluding hydrogens is 356 g/mol. The molecule has 3 aromatic rings. The molecule has 0 aliphatic heterocycles. The van der Waals surface area contributed by atoms with Crippen LogP contribution in [-0.2, 0) is 24.1 Å². The molecule has 1 aliphatic rings. The molecule has 0 aromatic carbocycles. The number of rotatable bonds is 6. The zero-order valence-corrected chi connectivity index (χ0v) is 15.9. The fourth-order valence-corrected chi connectivity index (χ4v) is 4.50. The van der Waals surface area contributed by atoms with Gasteiger partial charge in [-0.1, -0.05) is 6.07 Å². The first-order chi connectivity index (χ1) is 13.3. The zero-order chi connectivity index (χ0) is 18.5. The van der Waals surface area contributed by atoms with Crippen LogP contribution < -0.4 is 5.32 Å². The second kappa shape index (κ2) is 8.39. The van der Waals surface area contributed by atoms with Gasteiger partial charge in [0.2, 0.25) is 5.91 Å². The van der Waals surface area contributed by atoms with Crippen molar-refractivity contribution in [3.63, 3.8) is 0 Å². The molecule has 0 radical (unpaired) electrons. The maximum atomic E-state index is 12.5. The number of hydrogen-bond acceptors (Lipinski definition) is 5. The minimum absolute atomic E-state index is 0.0275. The second-order valence-electron chi connectivity index (χ2n) is 6.78. The molecule has 4 rings (SSSR count).